The molecule has 0 aromatic heterocycles. The Morgan fingerprint density at radius 3 is 2.38 bits per heavy atom. The SMILES string of the molecule is CN(CCCCS(=O)(=O)O)c1ccccc1. The van der Waals surface area contributed by atoms with E-state index in [1.54, 1.807) is 0 Å². The van der Waals surface area contributed by atoms with Crippen molar-refractivity contribution in [3.8, 4) is 0 Å². The van der Waals surface area contributed by atoms with Gasteiger partial charge in [0.1, 0.15) is 0 Å². The van der Waals surface area contributed by atoms with Crippen molar-refractivity contribution in [2.75, 3.05) is 24.2 Å². The third kappa shape index (κ3) is 5.14. The van der Waals surface area contributed by atoms with Crippen LogP contribution in [0, 0.1) is 0 Å². The van der Waals surface area contributed by atoms with Gasteiger partial charge in [0.15, 0.2) is 0 Å². The minimum atomic E-state index is -3.81. The van der Waals surface area contributed by atoms with E-state index >= 15 is 0 Å². The summed E-state index contributed by atoms with van der Waals surface area (Å²) in [6.07, 6.45) is 1.22. The summed E-state index contributed by atoms with van der Waals surface area (Å²) in [6.45, 7) is 0.777. The molecule has 0 saturated heterocycles. The molecular formula is C11H17NO3S. The summed E-state index contributed by atoms with van der Waals surface area (Å²) < 4.78 is 29.5. The molecule has 0 fully saturated rings. The maximum absolute atomic E-state index is 10.5. The molecule has 1 aromatic rings. The Hall–Kier alpha value is -1.07. The van der Waals surface area contributed by atoms with Crippen LogP contribution in [-0.4, -0.2) is 32.3 Å². The van der Waals surface area contributed by atoms with Gasteiger partial charge in [0, 0.05) is 19.3 Å². The summed E-state index contributed by atoms with van der Waals surface area (Å²) in [7, 11) is -1.84. The first-order chi connectivity index (χ1) is 7.49. The highest BCUT2D eigenvalue weighted by molar-refractivity contribution is 7.85. The normalized spacial score (nSPS) is 11.4. The monoisotopic (exact) mass is 243 g/mol. The quantitative estimate of drug-likeness (QED) is 0.611. The van der Waals surface area contributed by atoms with Crippen LogP contribution in [0.1, 0.15) is 12.8 Å². The summed E-state index contributed by atoms with van der Waals surface area (Å²) >= 11 is 0. The molecule has 90 valence electrons. The summed E-state index contributed by atoms with van der Waals surface area (Å²) in [5, 5.41) is 0. The van der Waals surface area contributed by atoms with Gasteiger partial charge in [-0.1, -0.05) is 18.2 Å². The Morgan fingerprint density at radius 1 is 1.19 bits per heavy atom. The van der Waals surface area contributed by atoms with Crippen molar-refractivity contribution in [1.82, 2.24) is 0 Å². The lowest BCUT2D eigenvalue weighted by molar-refractivity contribution is 0.480. The third-order valence-corrected chi connectivity index (χ3v) is 3.15. The van der Waals surface area contributed by atoms with Gasteiger partial charge in [-0.3, -0.25) is 4.55 Å². The molecule has 1 rings (SSSR count). The van der Waals surface area contributed by atoms with E-state index in [4.69, 9.17) is 4.55 Å². The zero-order valence-electron chi connectivity index (χ0n) is 9.33. The lowest BCUT2D eigenvalue weighted by Crippen LogP contribution is -2.19. The summed E-state index contributed by atoms with van der Waals surface area (Å²) in [4.78, 5) is 2.06. The van der Waals surface area contributed by atoms with Crippen molar-refractivity contribution in [3.63, 3.8) is 0 Å². The van der Waals surface area contributed by atoms with Gasteiger partial charge < -0.3 is 4.90 Å². The Kier molecular flexibility index (Phi) is 4.76. The van der Waals surface area contributed by atoms with E-state index in [2.05, 4.69) is 4.90 Å². The fraction of sp³-hybridized carbons (Fsp3) is 0.455. The molecule has 5 heteroatoms. The predicted octanol–water partition coefficient (Wildman–Crippen LogP) is 1.79. The molecule has 0 heterocycles. The van der Waals surface area contributed by atoms with Gasteiger partial charge in [-0.05, 0) is 25.0 Å². The van der Waals surface area contributed by atoms with Gasteiger partial charge in [-0.25, -0.2) is 0 Å². The smallest absolute Gasteiger partial charge is 0.264 e. The molecule has 0 spiro atoms. The van der Waals surface area contributed by atoms with Crippen molar-refractivity contribution in [3.05, 3.63) is 30.3 Å². The second-order valence-corrected chi connectivity index (χ2v) is 5.32. The lowest BCUT2D eigenvalue weighted by Gasteiger charge is -2.18. The first-order valence-corrected chi connectivity index (χ1v) is 6.81. The van der Waals surface area contributed by atoms with Gasteiger partial charge in [0.05, 0.1) is 5.75 Å². The van der Waals surface area contributed by atoms with Crippen LogP contribution in [0.5, 0.6) is 0 Å². The number of hydrogen-bond acceptors (Lipinski definition) is 3. The Labute approximate surface area is 96.6 Å². The van der Waals surface area contributed by atoms with Gasteiger partial charge >= 0.3 is 0 Å². The molecule has 0 saturated carbocycles. The van der Waals surface area contributed by atoms with E-state index in [-0.39, 0.29) is 5.75 Å². The fourth-order valence-electron chi connectivity index (χ4n) is 1.45. The number of rotatable bonds is 6. The molecule has 16 heavy (non-hydrogen) atoms. The van der Waals surface area contributed by atoms with Crippen LogP contribution in [0.25, 0.3) is 0 Å². The predicted molar refractivity (Wildman–Crippen MR) is 65.4 cm³/mol. The molecule has 0 aliphatic carbocycles. The summed E-state index contributed by atoms with van der Waals surface area (Å²) in [5.74, 6) is -0.157. The molecule has 0 amide bonds. The van der Waals surface area contributed by atoms with Crippen LogP contribution in [0.2, 0.25) is 0 Å². The maximum Gasteiger partial charge on any atom is 0.264 e. The maximum atomic E-state index is 10.5. The number of hydrogen-bond donors (Lipinski definition) is 1. The van der Waals surface area contributed by atoms with Crippen LogP contribution in [0.3, 0.4) is 0 Å². The van der Waals surface area contributed by atoms with Gasteiger partial charge in [-0.15, -0.1) is 0 Å². The highest BCUT2D eigenvalue weighted by atomic mass is 32.2. The van der Waals surface area contributed by atoms with E-state index < -0.39 is 10.1 Å². The first kappa shape index (κ1) is 13.0. The topological polar surface area (TPSA) is 57.6 Å². The first-order valence-electron chi connectivity index (χ1n) is 5.20. The fourth-order valence-corrected chi connectivity index (χ4v) is 2.01. The average Bonchev–Trinajstić information content (AvgIpc) is 2.24. The lowest BCUT2D eigenvalue weighted by atomic mass is 10.2. The molecule has 0 atom stereocenters. The van der Waals surface area contributed by atoms with Crippen molar-refractivity contribution in [2.45, 2.75) is 12.8 Å². The van der Waals surface area contributed by atoms with Crippen molar-refractivity contribution in [1.29, 1.82) is 0 Å². The second kappa shape index (κ2) is 5.86. The van der Waals surface area contributed by atoms with Crippen LogP contribution in [-0.2, 0) is 10.1 Å². The molecule has 0 bridgehead atoms. The van der Waals surface area contributed by atoms with Crippen LogP contribution < -0.4 is 4.90 Å². The molecule has 1 aromatic carbocycles. The highest BCUT2D eigenvalue weighted by Crippen LogP contribution is 2.11. The van der Waals surface area contributed by atoms with Gasteiger partial charge in [-0.2, -0.15) is 8.42 Å². The molecule has 0 aliphatic heterocycles. The summed E-state index contributed by atoms with van der Waals surface area (Å²) in [6, 6.07) is 9.88. The minimum Gasteiger partial charge on any atom is -0.375 e. The molecule has 4 nitrogen and oxygen atoms in total. The molecular weight excluding hydrogens is 226 g/mol. The highest BCUT2D eigenvalue weighted by Gasteiger charge is 2.04. The molecule has 1 N–H and O–H groups in total. The van der Waals surface area contributed by atoms with Gasteiger partial charge in [0.2, 0.25) is 0 Å². The number of para-hydroxylation sites is 1. The van der Waals surface area contributed by atoms with E-state index in [9.17, 15) is 8.42 Å². The second-order valence-electron chi connectivity index (χ2n) is 3.75. The average molecular weight is 243 g/mol. The van der Waals surface area contributed by atoms with Crippen molar-refractivity contribution in [2.24, 2.45) is 0 Å². The van der Waals surface area contributed by atoms with E-state index in [0.29, 0.717) is 6.42 Å². The van der Waals surface area contributed by atoms with E-state index in [0.717, 1.165) is 18.7 Å². The Morgan fingerprint density at radius 2 is 1.81 bits per heavy atom. The van der Waals surface area contributed by atoms with Crippen LogP contribution >= 0.6 is 0 Å². The molecule has 0 aliphatic rings. The zero-order valence-corrected chi connectivity index (χ0v) is 10.2. The van der Waals surface area contributed by atoms with Crippen molar-refractivity contribution < 1.29 is 13.0 Å². The standard InChI is InChI=1S/C11H17NO3S/c1-12(11-7-3-2-4-8-11)9-5-6-10-16(13,14)15/h2-4,7-8H,5-6,9-10H2,1H3,(H,13,14,15). The zero-order chi connectivity index (χ0) is 12.0. The Balaban J connectivity index is 2.29. The third-order valence-electron chi connectivity index (χ3n) is 2.34. The van der Waals surface area contributed by atoms with E-state index in [1.807, 2.05) is 37.4 Å². The molecule has 0 unspecified atom stereocenters. The van der Waals surface area contributed by atoms with Crippen LogP contribution in [0.4, 0.5) is 5.69 Å². The number of benzene rings is 1. The summed E-state index contributed by atoms with van der Waals surface area (Å²) in [5.41, 5.74) is 1.11. The number of anilines is 1. The molecule has 0 radical (unpaired) electrons. The van der Waals surface area contributed by atoms with Gasteiger partial charge in [0.25, 0.3) is 10.1 Å². The number of unbranched alkanes of at least 4 members (excludes halogenated alkanes) is 1. The largest absolute Gasteiger partial charge is 0.375 e. The van der Waals surface area contributed by atoms with Crippen molar-refractivity contribution >= 4 is 15.8 Å². The minimum absolute atomic E-state index is 0.157. The van der Waals surface area contributed by atoms with E-state index in [1.165, 1.54) is 0 Å². The van der Waals surface area contributed by atoms with Crippen LogP contribution in [0.15, 0.2) is 30.3 Å². The Bertz CT molecular complexity index is 402. The number of nitrogens with zero attached hydrogens (tertiary/aromatic N) is 1.